The minimum Gasteiger partial charge on any atom is -0.467 e. The van der Waals surface area contributed by atoms with E-state index in [9.17, 15) is 22.8 Å². The van der Waals surface area contributed by atoms with Crippen LogP contribution in [0.25, 0.3) is 17.0 Å². The number of aromatic nitrogens is 1. The zero-order valence-corrected chi connectivity index (χ0v) is 28.4. The molecule has 2 heterocycles. The predicted molar refractivity (Wildman–Crippen MR) is 183 cm³/mol. The van der Waals surface area contributed by atoms with Gasteiger partial charge in [-0.1, -0.05) is 59.8 Å². The van der Waals surface area contributed by atoms with Gasteiger partial charge in [-0.05, 0) is 49.2 Å². The fourth-order valence-electron chi connectivity index (χ4n) is 5.28. The van der Waals surface area contributed by atoms with E-state index >= 15 is 0 Å². The number of sulfonamides is 1. The molecular weight excluding hydrogens is 650 g/mol. The van der Waals surface area contributed by atoms with E-state index in [0.29, 0.717) is 34.4 Å². The maximum Gasteiger partial charge on any atom is 0.368 e. The van der Waals surface area contributed by atoms with Gasteiger partial charge in [0, 0.05) is 48.3 Å². The van der Waals surface area contributed by atoms with Crippen molar-refractivity contribution < 1.29 is 41.8 Å². The number of carbonyl (C=O) groups excluding carboxylic acids is 3. The van der Waals surface area contributed by atoms with Gasteiger partial charge in [0.25, 0.3) is 0 Å². The second-order valence-corrected chi connectivity index (χ2v) is 13.3. The molecule has 0 saturated carbocycles. The summed E-state index contributed by atoms with van der Waals surface area (Å²) in [5.74, 6) is -1.89. The van der Waals surface area contributed by atoms with Crippen LogP contribution in [0.5, 0.6) is 0 Å². The number of hydrogen-bond acceptors (Lipinski definition) is 10. The molecule has 0 amide bonds. The Bertz CT molecular complexity index is 2030. The zero-order chi connectivity index (χ0) is 35.1. The van der Waals surface area contributed by atoms with Crippen LogP contribution in [-0.2, 0) is 51.0 Å². The highest BCUT2D eigenvalue weighted by molar-refractivity contribution is 7.88. The van der Waals surface area contributed by atoms with Gasteiger partial charge in [-0.25, -0.2) is 27.5 Å². The third kappa shape index (κ3) is 8.49. The number of methoxy groups -OCH3 is 2. The fraction of sp³-hybridized carbons (Fsp3) is 0.278. The highest BCUT2D eigenvalue weighted by atomic mass is 32.2. The molecule has 13 heteroatoms. The first-order chi connectivity index (χ1) is 23.5. The van der Waals surface area contributed by atoms with Crippen LogP contribution in [0.15, 0.2) is 89.7 Å². The molecule has 256 valence electrons. The summed E-state index contributed by atoms with van der Waals surface area (Å²) >= 11 is 0. The van der Waals surface area contributed by atoms with Crippen molar-refractivity contribution in [1.82, 2.24) is 9.29 Å². The number of para-hydroxylation sites is 1. The van der Waals surface area contributed by atoms with Crippen LogP contribution in [0.4, 0.5) is 0 Å². The molecule has 2 unspecified atom stereocenters. The van der Waals surface area contributed by atoms with E-state index in [1.54, 1.807) is 73.3 Å². The van der Waals surface area contributed by atoms with E-state index in [1.807, 2.05) is 31.2 Å². The Hall–Kier alpha value is -5.11. The molecule has 49 heavy (non-hydrogen) atoms. The fourth-order valence-corrected chi connectivity index (χ4v) is 6.38. The van der Waals surface area contributed by atoms with Crippen molar-refractivity contribution in [2.45, 2.75) is 44.7 Å². The smallest absolute Gasteiger partial charge is 0.368 e. The van der Waals surface area contributed by atoms with Crippen LogP contribution in [0, 0.1) is 0 Å². The Morgan fingerprint density at radius 1 is 1.00 bits per heavy atom. The Morgan fingerprint density at radius 3 is 2.49 bits per heavy atom. The van der Waals surface area contributed by atoms with Crippen LogP contribution in [0.1, 0.15) is 58.9 Å². The maximum absolute atomic E-state index is 12.9. The van der Waals surface area contributed by atoms with E-state index in [-0.39, 0.29) is 36.1 Å². The summed E-state index contributed by atoms with van der Waals surface area (Å²) in [6.45, 7) is 3.81. The second-order valence-electron chi connectivity index (χ2n) is 11.5. The number of rotatable bonds is 14. The molecule has 2 atom stereocenters. The van der Waals surface area contributed by atoms with Gasteiger partial charge in [0.15, 0.2) is 0 Å². The zero-order valence-electron chi connectivity index (χ0n) is 27.5. The first kappa shape index (κ1) is 35.2. The van der Waals surface area contributed by atoms with Gasteiger partial charge < -0.3 is 23.6 Å². The first-order valence-corrected chi connectivity index (χ1v) is 17.2. The average Bonchev–Trinajstić information content (AvgIpc) is 3.66. The lowest BCUT2D eigenvalue weighted by atomic mass is 9.99. The van der Waals surface area contributed by atoms with E-state index in [4.69, 9.17) is 19.0 Å². The van der Waals surface area contributed by atoms with Gasteiger partial charge in [0.1, 0.15) is 11.8 Å². The number of fused-ring (bicyclic) bond motifs is 1. The van der Waals surface area contributed by atoms with Crippen molar-refractivity contribution >= 4 is 50.6 Å². The number of oxime groups is 1. The van der Waals surface area contributed by atoms with Crippen molar-refractivity contribution in [1.29, 1.82) is 0 Å². The molecule has 3 aromatic carbocycles. The Morgan fingerprint density at radius 2 is 1.76 bits per heavy atom. The molecule has 1 aromatic heterocycles. The highest BCUT2D eigenvalue weighted by Gasteiger charge is 2.28. The molecule has 0 saturated heterocycles. The largest absolute Gasteiger partial charge is 0.467 e. The van der Waals surface area contributed by atoms with E-state index in [0.717, 1.165) is 10.9 Å². The van der Waals surface area contributed by atoms with Crippen molar-refractivity contribution in [3.05, 3.63) is 112 Å². The summed E-state index contributed by atoms with van der Waals surface area (Å²) in [7, 11) is -0.846. The summed E-state index contributed by atoms with van der Waals surface area (Å²) in [5, 5.41) is 4.83. The summed E-state index contributed by atoms with van der Waals surface area (Å²) in [5.41, 5.74) is 4.01. The number of esters is 2. The molecule has 12 nitrogen and oxygen atoms in total. The topological polar surface area (TPSA) is 152 Å². The van der Waals surface area contributed by atoms with Crippen LogP contribution in [0.2, 0.25) is 0 Å². The summed E-state index contributed by atoms with van der Waals surface area (Å²) < 4.78 is 45.5. The molecule has 1 aliphatic rings. The molecule has 0 spiro atoms. The van der Waals surface area contributed by atoms with E-state index in [2.05, 4.69) is 9.88 Å². The molecule has 0 bridgehead atoms. The summed E-state index contributed by atoms with van der Waals surface area (Å²) in [4.78, 5) is 42.5. The highest BCUT2D eigenvalue weighted by Crippen LogP contribution is 2.29. The summed E-state index contributed by atoms with van der Waals surface area (Å²) in [6.07, 6.45) is 3.95. The number of hydrogen-bond donors (Lipinski definition) is 1. The second kappa shape index (κ2) is 15.4. The van der Waals surface area contributed by atoms with Crippen LogP contribution in [0.3, 0.4) is 0 Å². The average molecular weight is 688 g/mol. The minimum absolute atomic E-state index is 0.0184. The molecule has 4 aromatic rings. The van der Waals surface area contributed by atoms with E-state index < -0.39 is 34.0 Å². The lowest BCUT2D eigenvalue weighted by Crippen LogP contribution is -2.24. The Kier molecular flexibility index (Phi) is 11.1. The number of carbonyl (C=O) groups is 3. The summed E-state index contributed by atoms with van der Waals surface area (Å²) in [6, 6.07) is 20.1. The predicted octanol–water partition coefficient (Wildman–Crippen LogP) is 4.92. The molecule has 0 fully saturated rings. The van der Waals surface area contributed by atoms with Crippen LogP contribution in [-0.4, -0.2) is 63.5 Å². The SMILES string of the molecule is COC(=O)C(C)n1cc(/C=C2\C(=O)ON=C2c2ccc(CNS(=O)(=O)Cc3cccc(C(=O)OCCC(C)OC)c3)cc2)c2ccccc21. The van der Waals surface area contributed by atoms with Gasteiger partial charge >= 0.3 is 17.9 Å². The van der Waals surface area contributed by atoms with Crippen LogP contribution >= 0.6 is 0 Å². The van der Waals surface area contributed by atoms with Crippen molar-refractivity contribution in [3.8, 4) is 0 Å². The number of benzene rings is 3. The van der Waals surface area contributed by atoms with Crippen molar-refractivity contribution in [2.24, 2.45) is 5.16 Å². The molecular formula is C36H37N3O9S. The minimum atomic E-state index is -3.76. The molecule has 5 rings (SSSR count). The molecule has 0 aliphatic carbocycles. The van der Waals surface area contributed by atoms with Crippen molar-refractivity contribution in [2.75, 3.05) is 20.8 Å². The first-order valence-electron chi connectivity index (χ1n) is 15.5. The Labute approximate surface area is 284 Å². The van der Waals surface area contributed by atoms with Gasteiger partial charge in [-0.3, -0.25) is 0 Å². The third-order valence-corrected chi connectivity index (χ3v) is 9.43. The quantitative estimate of drug-likeness (QED) is 0.111. The molecule has 0 radical (unpaired) electrons. The molecule has 1 N–H and O–H groups in total. The van der Waals surface area contributed by atoms with Gasteiger partial charge in [0.2, 0.25) is 10.0 Å². The lowest BCUT2D eigenvalue weighted by molar-refractivity contribution is -0.144. The number of nitrogens with one attached hydrogen (secondary N) is 1. The van der Waals surface area contributed by atoms with Gasteiger partial charge in [-0.15, -0.1) is 0 Å². The Balaban J connectivity index is 1.25. The molecule has 1 aliphatic heterocycles. The monoisotopic (exact) mass is 687 g/mol. The van der Waals surface area contributed by atoms with Crippen LogP contribution < -0.4 is 4.72 Å². The van der Waals surface area contributed by atoms with Gasteiger partial charge in [-0.2, -0.15) is 0 Å². The van der Waals surface area contributed by atoms with Gasteiger partial charge in [0.05, 0.1) is 36.7 Å². The third-order valence-electron chi connectivity index (χ3n) is 8.13. The van der Waals surface area contributed by atoms with Crippen molar-refractivity contribution in [3.63, 3.8) is 0 Å². The number of ether oxygens (including phenoxy) is 3. The standard InChI is InChI=1S/C36H37N3O9S/c1-23(45-3)16-17-47-35(41)28-9-7-8-26(18-28)22-49(43,44)37-20-25-12-14-27(15-13-25)33-31(36(42)48-38-33)19-29-21-39(24(2)34(40)46-4)32-11-6-5-10-30(29)32/h5-15,18-19,21,23-24,37H,16-17,20,22H2,1-4H3/b31-19-. The lowest BCUT2D eigenvalue weighted by Gasteiger charge is -2.12. The number of nitrogens with zero attached hydrogens (tertiary/aromatic N) is 2. The normalized spacial score (nSPS) is 15.1. The maximum atomic E-state index is 12.9. The van der Waals surface area contributed by atoms with E-state index in [1.165, 1.54) is 13.2 Å².